The molecule has 62 valence electrons. The van der Waals surface area contributed by atoms with Crippen LogP contribution in [-0.2, 0) is 0 Å². The van der Waals surface area contributed by atoms with Crippen LogP contribution in [0.5, 0.6) is 0 Å². The molecule has 0 radical (unpaired) electrons. The number of aromatic nitrogens is 2. The van der Waals surface area contributed by atoms with Crippen LogP contribution in [0.1, 0.15) is 4.88 Å². The van der Waals surface area contributed by atoms with Gasteiger partial charge in [-0.15, -0.1) is 22.7 Å². The SMILES string of the molecule is Cc1sc(N)nc1-c1nccs1. The van der Waals surface area contributed by atoms with Crippen LogP contribution in [0.3, 0.4) is 0 Å². The minimum atomic E-state index is 0.609. The van der Waals surface area contributed by atoms with Gasteiger partial charge in [-0.1, -0.05) is 0 Å². The molecule has 2 aromatic heterocycles. The van der Waals surface area contributed by atoms with Gasteiger partial charge in [-0.25, -0.2) is 9.97 Å². The Morgan fingerprint density at radius 3 is 2.83 bits per heavy atom. The van der Waals surface area contributed by atoms with E-state index in [9.17, 15) is 0 Å². The van der Waals surface area contributed by atoms with E-state index < -0.39 is 0 Å². The summed E-state index contributed by atoms with van der Waals surface area (Å²) in [4.78, 5) is 9.49. The number of hydrogen-bond acceptors (Lipinski definition) is 5. The maximum absolute atomic E-state index is 5.57. The van der Waals surface area contributed by atoms with Gasteiger partial charge < -0.3 is 5.73 Å². The Bertz CT molecular complexity index is 377. The molecule has 0 aliphatic heterocycles. The summed E-state index contributed by atoms with van der Waals surface area (Å²) in [6, 6.07) is 0. The molecule has 2 heterocycles. The minimum absolute atomic E-state index is 0.609. The van der Waals surface area contributed by atoms with E-state index in [-0.39, 0.29) is 0 Å². The maximum atomic E-state index is 5.57. The van der Waals surface area contributed by atoms with Gasteiger partial charge in [0.1, 0.15) is 10.7 Å². The second-order valence-corrected chi connectivity index (χ2v) is 4.42. The Kier molecular flexibility index (Phi) is 1.82. The molecule has 0 aliphatic rings. The maximum Gasteiger partial charge on any atom is 0.180 e. The van der Waals surface area contributed by atoms with Crippen molar-refractivity contribution in [3.63, 3.8) is 0 Å². The van der Waals surface area contributed by atoms with Crippen molar-refractivity contribution in [3.05, 3.63) is 16.5 Å². The highest BCUT2D eigenvalue weighted by Gasteiger charge is 2.09. The molecule has 0 aliphatic carbocycles. The number of hydrogen-bond donors (Lipinski definition) is 1. The summed E-state index contributed by atoms with van der Waals surface area (Å²) in [6.07, 6.45) is 1.77. The van der Waals surface area contributed by atoms with Crippen LogP contribution in [0, 0.1) is 6.92 Å². The molecule has 0 amide bonds. The summed E-state index contributed by atoms with van der Waals surface area (Å²) in [6.45, 7) is 2.00. The third-order valence-corrected chi connectivity index (χ3v) is 3.03. The van der Waals surface area contributed by atoms with E-state index in [1.807, 2.05) is 12.3 Å². The first-order valence-electron chi connectivity index (χ1n) is 3.40. The average molecular weight is 197 g/mol. The number of anilines is 1. The third-order valence-electron chi connectivity index (χ3n) is 1.45. The summed E-state index contributed by atoms with van der Waals surface area (Å²) in [5.74, 6) is 0. The molecule has 0 unspecified atom stereocenters. The van der Waals surface area contributed by atoms with E-state index in [1.165, 1.54) is 11.3 Å². The lowest BCUT2D eigenvalue weighted by Crippen LogP contribution is -1.82. The highest BCUT2D eigenvalue weighted by Crippen LogP contribution is 2.29. The Labute approximate surface area is 77.9 Å². The van der Waals surface area contributed by atoms with Crippen molar-refractivity contribution in [1.29, 1.82) is 0 Å². The van der Waals surface area contributed by atoms with Crippen molar-refractivity contribution in [3.8, 4) is 10.7 Å². The van der Waals surface area contributed by atoms with Crippen LogP contribution in [-0.4, -0.2) is 9.97 Å². The summed E-state index contributed by atoms with van der Waals surface area (Å²) in [5.41, 5.74) is 6.49. The van der Waals surface area contributed by atoms with E-state index in [2.05, 4.69) is 9.97 Å². The van der Waals surface area contributed by atoms with Gasteiger partial charge in [0.25, 0.3) is 0 Å². The van der Waals surface area contributed by atoms with Gasteiger partial charge in [0, 0.05) is 16.5 Å². The van der Waals surface area contributed by atoms with Crippen molar-refractivity contribution in [2.75, 3.05) is 5.73 Å². The van der Waals surface area contributed by atoms with E-state index in [0.29, 0.717) is 5.13 Å². The number of thiazole rings is 2. The lowest BCUT2D eigenvalue weighted by Gasteiger charge is -1.88. The molecular weight excluding hydrogens is 190 g/mol. The first-order valence-corrected chi connectivity index (χ1v) is 5.10. The fourth-order valence-corrected chi connectivity index (χ4v) is 2.39. The van der Waals surface area contributed by atoms with Crippen LogP contribution in [0.15, 0.2) is 11.6 Å². The van der Waals surface area contributed by atoms with Gasteiger partial charge in [-0.2, -0.15) is 0 Å². The molecule has 0 bridgehead atoms. The Balaban J connectivity index is 2.54. The van der Waals surface area contributed by atoms with Crippen molar-refractivity contribution in [2.24, 2.45) is 0 Å². The lowest BCUT2D eigenvalue weighted by molar-refractivity contribution is 1.32. The van der Waals surface area contributed by atoms with Crippen LogP contribution >= 0.6 is 22.7 Å². The predicted octanol–water partition coefficient (Wildman–Crippen LogP) is 2.16. The van der Waals surface area contributed by atoms with E-state index in [4.69, 9.17) is 5.73 Å². The van der Waals surface area contributed by atoms with Crippen LogP contribution in [0.25, 0.3) is 10.7 Å². The van der Waals surface area contributed by atoms with Gasteiger partial charge in [0.15, 0.2) is 5.13 Å². The molecule has 2 aromatic rings. The van der Waals surface area contributed by atoms with E-state index >= 15 is 0 Å². The number of nitrogens with zero attached hydrogens (tertiary/aromatic N) is 2. The fraction of sp³-hybridized carbons (Fsp3) is 0.143. The molecule has 0 atom stereocenters. The first-order chi connectivity index (χ1) is 5.77. The van der Waals surface area contributed by atoms with Gasteiger partial charge in [0.05, 0.1) is 0 Å². The van der Waals surface area contributed by atoms with Crippen molar-refractivity contribution < 1.29 is 0 Å². The van der Waals surface area contributed by atoms with Crippen molar-refractivity contribution in [2.45, 2.75) is 6.92 Å². The molecule has 2 N–H and O–H groups in total. The quantitative estimate of drug-likeness (QED) is 0.762. The normalized spacial score (nSPS) is 10.4. The summed E-state index contributed by atoms with van der Waals surface area (Å²) >= 11 is 3.08. The molecule has 0 spiro atoms. The number of rotatable bonds is 1. The van der Waals surface area contributed by atoms with E-state index in [1.54, 1.807) is 17.5 Å². The molecule has 2 rings (SSSR count). The molecular formula is C7H7N3S2. The Morgan fingerprint density at radius 2 is 2.33 bits per heavy atom. The highest BCUT2D eigenvalue weighted by atomic mass is 32.1. The zero-order valence-corrected chi connectivity index (χ0v) is 8.08. The van der Waals surface area contributed by atoms with Crippen molar-refractivity contribution in [1.82, 2.24) is 9.97 Å². The zero-order chi connectivity index (χ0) is 8.55. The smallest absolute Gasteiger partial charge is 0.180 e. The second-order valence-electron chi connectivity index (χ2n) is 2.29. The second kappa shape index (κ2) is 2.84. The van der Waals surface area contributed by atoms with Gasteiger partial charge in [-0.3, -0.25) is 0 Å². The fourth-order valence-electron chi connectivity index (χ4n) is 0.956. The standard InChI is InChI=1S/C7H7N3S2/c1-4-5(10-7(8)12-4)6-9-2-3-11-6/h2-3H,1H3,(H2,8,10). The minimum Gasteiger partial charge on any atom is -0.375 e. The molecule has 0 aromatic carbocycles. The van der Waals surface area contributed by atoms with Crippen molar-refractivity contribution >= 4 is 27.8 Å². The molecule has 0 fully saturated rings. The summed E-state index contributed by atoms with van der Waals surface area (Å²) in [5, 5.41) is 3.49. The van der Waals surface area contributed by atoms with Crippen LogP contribution in [0.4, 0.5) is 5.13 Å². The molecule has 3 nitrogen and oxygen atoms in total. The van der Waals surface area contributed by atoms with Gasteiger partial charge >= 0.3 is 0 Å². The number of aryl methyl sites for hydroxylation is 1. The lowest BCUT2D eigenvalue weighted by atomic mass is 10.4. The summed E-state index contributed by atoms with van der Waals surface area (Å²) < 4.78 is 0. The van der Waals surface area contributed by atoms with Crippen LogP contribution < -0.4 is 5.73 Å². The third kappa shape index (κ3) is 1.21. The molecule has 12 heavy (non-hydrogen) atoms. The molecule has 0 saturated heterocycles. The topological polar surface area (TPSA) is 51.8 Å². The first kappa shape index (κ1) is 7.70. The van der Waals surface area contributed by atoms with Gasteiger partial charge in [-0.05, 0) is 6.92 Å². The number of nitrogens with two attached hydrogens (primary N) is 1. The highest BCUT2D eigenvalue weighted by molar-refractivity contribution is 7.17. The predicted molar refractivity (Wildman–Crippen MR) is 52.4 cm³/mol. The zero-order valence-electron chi connectivity index (χ0n) is 6.44. The Hall–Kier alpha value is -0.940. The van der Waals surface area contributed by atoms with Crippen LogP contribution in [0.2, 0.25) is 0 Å². The average Bonchev–Trinajstić information content (AvgIpc) is 2.58. The largest absolute Gasteiger partial charge is 0.375 e. The van der Waals surface area contributed by atoms with E-state index in [0.717, 1.165) is 15.6 Å². The summed E-state index contributed by atoms with van der Waals surface area (Å²) in [7, 11) is 0. The van der Waals surface area contributed by atoms with Gasteiger partial charge in [0.2, 0.25) is 0 Å². The Morgan fingerprint density at radius 1 is 1.50 bits per heavy atom. The number of nitrogen functional groups attached to an aromatic ring is 1. The molecule has 0 saturated carbocycles. The molecule has 5 heteroatoms. The monoisotopic (exact) mass is 197 g/mol.